The summed E-state index contributed by atoms with van der Waals surface area (Å²) in [5, 5.41) is 5.27. The quantitative estimate of drug-likeness (QED) is 0.649. The van der Waals surface area contributed by atoms with Crippen LogP contribution in [0.5, 0.6) is 11.5 Å². The molecular formula is C20H19N3O4S2. The zero-order valence-corrected chi connectivity index (χ0v) is 17.3. The van der Waals surface area contributed by atoms with Gasteiger partial charge in [0, 0.05) is 17.8 Å². The molecule has 0 spiro atoms. The van der Waals surface area contributed by atoms with Crippen LogP contribution in [-0.2, 0) is 17.8 Å². The van der Waals surface area contributed by atoms with Gasteiger partial charge < -0.3 is 14.4 Å². The largest absolute Gasteiger partial charge is 0.497 e. The zero-order valence-electron chi connectivity index (χ0n) is 15.7. The van der Waals surface area contributed by atoms with Crippen molar-refractivity contribution in [3.63, 3.8) is 0 Å². The second-order valence-electron chi connectivity index (χ2n) is 6.35. The van der Waals surface area contributed by atoms with Crippen LogP contribution in [0.3, 0.4) is 0 Å². The van der Waals surface area contributed by atoms with E-state index in [4.69, 9.17) is 9.47 Å². The number of amides is 2. The van der Waals surface area contributed by atoms with Gasteiger partial charge in [-0.15, -0.1) is 11.3 Å². The molecule has 0 radical (unpaired) electrons. The van der Waals surface area contributed by atoms with Crippen molar-refractivity contribution in [1.82, 2.24) is 9.88 Å². The summed E-state index contributed by atoms with van der Waals surface area (Å²) in [6, 6.07) is 10.7. The van der Waals surface area contributed by atoms with Gasteiger partial charge in [-0.3, -0.25) is 14.9 Å². The molecule has 1 N–H and O–H groups in total. The average molecular weight is 430 g/mol. The number of carbonyl (C=O) groups is 2. The molecule has 0 aliphatic carbocycles. The van der Waals surface area contributed by atoms with Gasteiger partial charge in [0.2, 0.25) is 0 Å². The summed E-state index contributed by atoms with van der Waals surface area (Å²) < 4.78 is 10.7. The summed E-state index contributed by atoms with van der Waals surface area (Å²) in [6.45, 7) is 1.04. The number of anilines is 1. The summed E-state index contributed by atoms with van der Waals surface area (Å²) in [5.41, 5.74) is 0.941. The Labute approximate surface area is 175 Å². The molecule has 1 aliphatic rings. The van der Waals surface area contributed by atoms with Crippen molar-refractivity contribution in [3.8, 4) is 11.5 Å². The van der Waals surface area contributed by atoms with E-state index in [1.54, 1.807) is 42.3 Å². The molecule has 2 amide bonds. The molecule has 3 heterocycles. The number of benzene rings is 1. The van der Waals surface area contributed by atoms with E-state index >= 15 is 0 Å². The van der Waals surface area contributed by atoms with Crippen LogP contribution in [0.25, 0.3) is 0 Å². The molecule has 29 heavy (non-hydrogen) atoms. The first-order chi connectivity index (χ1) is 14.1. The first-order valence-corrected chi connectivity index (χ1v) is 10.7. The highest BCUT2D eigenvalue weighted by Gasteiger charge is 2.25. The Kier molecular flexibility index (Phi) is 5.77. The van der Waals surface area contributed by atoms with E-state index in [1.165, 1.54) is 22.7 Å². The molecule has 0 saturated carbocycles. The van der Waals surface area contributed by atoms with E-state index in [-0.39, 0.29) is 18.4 Å². The number of methoxy groups -OCH3 is 1. The molecule has 1 aromatic carbocycles. The van der Waals surface area contributed by atoms with E-state index in [9.17, 15) is 9.59 Å². The van der Waals surface area contributed by atoms with Crippen molar-refractivity contribution in [3.05, 3.63) is 57.2 Å². The molecular weight excluding hydrogens is 410 g/mol. The van der Waals surface area contributed by atoms with Crippen molar-refractivity contribution in [2.45, 2.75) is 13.0 Å². The highest BCUT2D eigenvalue weighted by Crippen LogP contribution is 2.29. The minimum atomic E-state index is -0.160. The van der Waals surface area contributed by atoms with Crippen LogP contribution < -0.4 is 14.8 Å². The van der Waals surface area contributed by atoms with Crippen LogP contribution in [0.2, 0.25) is 0 Å². The molecule has 3 aromatic rings. The third-order valence-corrected chi connectivity index (χ3v) is 6.34. The predicted molar refractivity (Wildman–Crippen MR) is 112 cm³/mol. The molecule has 0 unspecified atom stereocenters. The molecule has 0 atom stereocenters. The van der Waals surface area contributed by atoms with Crippen LogP contribution >= 0.6 is 22.7 Å². The lowest BCUT2D eigenvalue weighted by Gasteiger charge is -2.26. The van der Waals surface area contributed by atoms with Gasteiger partial charge in [0.25, 0.3) is 11.8 Å². The van der Waals surface area contributed by atoms with Gasteiger partial charge in [-0.25, -0.2) is 4.98 Å². The van der Waals surface area contributed by atoms with E-state index < -0.39 is 0 Å². The molecule has 9 heteroatoms. The SMILES string of the molecule is COc1ccc(OCC(=O)N2CCc3nc(NC(=O)c4cccs4)sc3C2)cc1. The van der Waals surface area contributed by atoms with Gasteiger partial charge >= 0.3 is 0 Å². The van der Waals surface area contributed by atoms with Crippen molar-refractivity contribution in [2.75, 3.05) is 25.6 Å². The molecule has 0 bridgehead atoms. The standard InChI is InChI=1S/C20H19N3O4S2/c1-26-13-4-6-14(7-5-13)27-12-18(24)23-9-8-15-17(11-23)29-20(21-15)22-19(25)16-3-2-10-28-16/h2-7,10H,8-9,11-12H2,1H3,(H,21,22,25). The summed E-state index contributed by atoms with van der Waals surface area (Å²) in [5.74, 6) is 1.11. The number of hydrogen-bond acceptors (Lipinski definition) is 7. The number of hydrogen-bond donors (Lipinski definition) is 1. The maximum absolute atomic E-state index is 12.5. The number of rotatable bonds is 6. The Morgan fingerprint density at radius 3 is 2.72 bits per heavy atom. The van der Waals surface area contributed by atoms with Gasteiger partial charge in [-0.1, -0.05) is 17.4 Å². The lowest BCUT2D eigenvalue weighted by atomic mass is 10.2. The summed E-state index contributed by atoms with van der Waals surface area (Å²) in [6.07, 6.45) is 0.662. The van der Waals surface area contributed by atoms with E-state index in [1.807, 2.05) is 11.4 Å². The Balaban J connectivity index is 1.33. The van der Waals surface area contributed by atoms with Crippen LogP contribution in [0.1, 0.15) is 20.2 Å². The van der Waals surface area contributed by atoms with Gasteiger partial charge in [0.1, 0.15) is 11.5 Å². The summed E-state index contributed by atoms with van der Waals surface area (Å²) in [4.78, 5) is 32.6. The zero-order chi connectivity index (χ0) is 20.2. The highest BCUT2D eigenvalue weighted by atomic mass is 32.1. The number of carbonyl (C=O) groups excluding carboxylic acids is 2. The van der Waals surface area contributed by atoms with Crippen molar-refractivity contribution >= 4 is 39.6 Å². The monoisotopic (exact) mass is 429 g/mol. The van der Waals surface area contributed by atoms with Gasteiger partial charge in [0.15, 0.2) is 11.7 Å². The van der Waals surface area contributed by atoms with E-state index in [0.29, 0.717) is 35.3 Å². The minimum absolute atomic E-state index is 0.0254. The van der Waals surface area contributed by atoms with E-state index in [2.05, 4.69) is 10.3 Å². The number of ether oxygens (including phenoxy) is 2. The fraction of sp³-hybridized carbons (Fsp3) is 0.250. The van der Waals surface area contributed by atoms with Crippen LogP contribution in [-0.4, -0.2) is 42.0 Å². The Bertz CT molecular complexity index is 999. The van der Waals surface area contributed by atoms with Crippen LogP contribution in [0.15, 0.2) is 41.8 Å². The molecule has 0 saturated heterocycles. The third kappa shape index (κ3) is 4.57. The van der Waals surface area contributed by atoms with E-state index in [0.717, 1.165) is 16.3 Å². The molecule has 7 nitrogen and oxygen atoms in total. The number of thiazole rings is 1. The van der Waals surface area contributed by atoms with Gasteiger partial charge in [0.05, 0.1) is 24.2 Å². The average Bonchev–Trinajstić information content (AvgIpc) is 3.41. The Hall–Kier alpha value is -2.91. The minimum Gasteiger partial charge on any atom is -0.497 e. The molecule has 0 fully saturated rings. The Morgan fingerprint density at radius 2 is 2.00 bits per heavy atom. The van der Waals surface area contributed by atoms with Crippen LogP contribution in [0, 0.1) is 0 Å². The second kappa shape index (κ2) is 8.62. The van der Waals surface area contributed by atoms with Crippen molar-refractivity contribution in [2.24, 2.45) is 0 Å². The van der Waals surface area contributed by atoms with Crippen molar-refractivity contribution < 1.29 is 19.1 Å². The first-order valence-electron chi connectivity index (χ1n) is 9.00. The predicted octanol–water partition coefficient (Wildman–Crippen LogP) is 3.43. The van der Waals surface area contributed by atoms with Gasteiger partial charge in [-0.05, 0) is 35.7 Å². The maximum atomic E-state index is 12.5. The molecule has 2 aromatic heterocycles. The van der Waals surface area contributed by atoms with Crippen molar-refractivity contribution in [1.29, 1.82) is 0 Å². The topological polar surface area (TPSA) is 80.8 Å². The number of fused-ring (bicyclic) bond motifs is 1. The fourth-order valence-electron chi connectivity index (χ4n) is 2.94. The summed E-state index contributed by atoms with van der Waals surface area (Å²) in [7, 11) is 1.60. The highest BCUT2D eigenvalue weighted by molar-refractivity contribution is 7.16. The smallest absolute Gasteiger partial charge is 0.267 e. The first kappa shape index (κ1) is 19.4. The number of nitrogens with zero attached hydrogens (tertiary/aromatic N) is 2. The Morgan fingerprint density at radius 1 is 1.21 bits per heavy atom. The third-order valence-electron chi connectivity index (χ3n) is 4.47. The number of nitrogens with one attached hydrogen (secondary N) is 1. The second-order valence-corrected chi connectivity index (χ2v) is 8.38. The maximum Gasteiger partial charge on any atom is 0.267 e. The summed E-state index contributed by atoms with van der Waals surface area (Å²) >= 11 is 2.80. The number of thiophene rings is 1. The molecule has 1 aliphatic heterocycles. The number of aromatic nitrogens is 1. The normalized spacial score (nSPS) is 12.9. The molecule has 150 valence electrons. The lowest BCUT2D eigenvalue weighted by molar-refractivity contribution is -0.134. The molecule has 4 rings (SSSR count). The fourth-order valence-corrected chi connectivity index (χ4v) is 4.57. The van der Waals surface area contributed by atoms with Crippen LogP contribution in [0.4, 0.5) is 5.13 Å². The lowest BCUT2D eigenvalue weighted by Crippen LogP contribution is -2.38. The van der Waals surface area contributed by atoms with Gasteiger partial charge in [-0.2, -0.15) is 0 Å².